The minimum absolute atomic E-state index is 0.0576. The fourth-order valence-electron chi connectivity index (χ4n) is 2.70. The molecule has 0 aliphatic carbocycles. The third-order valence-electron chi connectivity index (χ3n) is 4.08. The van der Waals surface area contributed by atoms with Crippen LogP contribution in [0.1, 0.15) is 13.3 Å². The largest absolute Gasteiger partial charge is 0.573 e. The summed E-state index contributed by atoms with van der Waals surface area (Å²) in [5.41, 5.74) is 0.586. The number of halogens is 3. The van der Waals surface area contributed by atoms with Gasteiger partial charge in [0, 0.05) is 12.2 Å². The smallest absolute Gasteiger partial charge is 0.406 e. The molecule has 0 aromatic heterocycles. The van der Waals surface area contributed by atoms with Crippen LogP contribution in [0.25, 0.3) is 0 Å². The van der Waals surface area contributed by atoms with E-state index in [2.05, 4.69) is 15.4 Å². The molecule has 1 fully saturated rings. The molecule has 0 saturated carbocycles. The molecule has 2 rings (SSSR count). The van der Waals surface area contributed by atoms with Gasteiger partial charge in [0.25, 0.3) is 5.91 Å². The number of nitrogens with one attached hydrogen (secondary N) is 3. The molecule has 3 N–H and O–H groups in total. The average Bonchev–Trinajstić information content (AvgIpc) is 2.61. The Morgan fingerprint density at radius 3 is 2.44 bits per heavy atom. The van der Waals surface area contributed by atoms with Crippen LogP contribution in [-0.4, -0.2) is 61.6 Å². The van der Waals surface area contributed by atoms with E-state index in [9.17, 15) is 18.0 Å². The molecule has 10 heteroatoms. The topological polar surface area (TPSA) is 58.0 Å². The fourth-order valence-corrected chi connectivity index (χ4v) is 3.00. The van der Waals surface area contributed by atoms with E-state index >= 15 is 0 Å². The summed E-state index contributed by atoms with van der Waals surface area (Å²) in [6.45, 7) is 6.15. The molecule has 27 heavy (non-hydrogen) atoms. The maximum absolute atomic E-state index is 12.2. The highest BCUT2D eigenvalue weighted by Crippen LogP contribution is 2.24. The van der Waals surface area contributed by atoms with Crippen LogP contribution in [0.4, 0.5) is 18.9 Å². The number of thiocarbonyl (C=S) groups is 1. The van der Waals surface area contributed by atoms with Crippen LogP contribution in [0.3, 0.4) is 0 Å². The average molecular weight is 405 g/mol. The summed E-state index contributed by atoms with van der Waals surface area (Å²) in [5, 5.41) is 6.40. The van der Waals surface area contributed by atoms with Crippen LogP contribution < -0.4 is 20.3 Å². The van der Waals surface area contributed by atoms with Crippen molar-refractivity contribution in [3.05, 3.63) is 24.3 Å². The number of quaternary nitrogens is 1. The van der Waals surface area contributed by atoms with E-state index in [0.717, 1.165) is 19.5 Å². The highest BCUT2D eigenvalue weighted by molar-refractivity contribution is 7.80. The summed E-state index contributed by atoms with van der Waals surface area (Å²) in [7, 11) is 0. The Balaban J connectivity index is 1.76. The molecule has 0 atom stereocenters. The second-order valence-electron chi connectivity index (χ2n) is 6.27. The molecule has 1 heterocycles. The minimum Gasteiger partial charge on any atom is -0.406 e. The number of carbonyl (C=O) groups is 1. The maximum atomic E-state index is 12.2. The Hall–Kier alpha value is -2.07. The van der Waals surface area contributed by atoms with Crippen molar-refractivity contribution in [2.45, 2.75) is 19.7 Å². The van der Waals surface area contributed by atoms with Crippen LogP contribution >= 0.6 is 12.2 Å². The number of hydrogen-bond acceptors (Lipinski definition) is 3. The van der Waals surface area contributed by atoms with Crippen molar-refractivity contribution in [2.24, 2.45) is 0 Å². The summed E-state index contributed by atoms with van der Waals surface area (Å²) < 4.78 is 40.4. The highest BCUT2D eigenvalue weighted by atomic mass is 32.1. The zero-order valence-electron chi connectivity index (χ0n) is 15.1. The van der Waals surface area contributed by atoms with Crippen LogP contribution in [0.5, 0.6) is 5.75 Å². The molecule has 1 aromatic carbocycles. The zero-order valence-corrected chi connectivity index (χ0v) is 15.9. The van der Waals surface area contributed by atoms with Gasteiger partial charge < -0.3 is 25.2 Å². The number of nitrogens with zero attached hydrogens (tertiary/aromatic N) is 1. The molecular weight excluding hydrogens is 381 g/mol. The van der Waals surface area contributed by atoms with E-state index in [1.807, 2.05) is 11.8 Å². The Kier molecular flexibility index (Phi) is 7.66. The van der Waals surface area contributed by atoms with Gasteiger partial charge in [-0.2, -0.15) is 0 Å². The molecular formula is C17H24F3N4O2S+. The molecule has 0 spiro atoms. The summed E-state index contributed by atoms with van der Waals surface area (Å²) >= 11 is 5.38. The van der Waals surface area contributed by atoms with Gasteiger partial charge in [-0.25, -0.2) is 0 Å². The number of alkyl halides is 3. The number of anilines is 1. The number of hydrogen-bond donors (Lipinski definition) is 3. The van der Waals surface area contributed by atoms with Crippen LogP contribution in [-0.2, 0) is 4.79 Å². The third kappa shape index (κ3) is 7.59. The lowest BCUT2D eigenvalue weighted by molar-refractivity contribution is -0.895. The lowest BCUT2D eigenvalue weighted by Gasteiger charge is -2.33. The highest BCUT2D eigenvalue weighted by Gasteiger charge is 2.31. The van der Waals surface area contributed by atoms with Gasteiger partial charge in [0.15, 0.2) is 11.7 Å². The molecule has 0 unspecified atom stereocenters. The first-order valence-corrected chi connectivity index (χ1v) is 9.19. The van der Waals surface area contributed by atoms with E-state index < -0.39 is 6.36 Å². The van der Waals surface area contributed by atoms with Crippen LogP contribution in [0, 0.1) is 0 Å². The molecule has 6 nitrogen and oxygen atoms in total. The van der Waals surface area contributed by atoms with E-state index in [1.165, 1.54) is 29.2 Å². The van der Waals surface area contributed by atoms with Crippen molar-refractivity contribution in [1.29, 1.82) is 0 Å². The Morgan fingerprint density at radius 1 is 1.26 bits per heavy atom. The first-order valence-electron chi connectivity index (χ1n) is 8.79. The Morgan fingerprint density at radius 2 is 1.89 bits per heavy atom. The van der Waals surface area contributed by atoms with Crippen molar-refractivity contribution < 1.29 is 27.6 Å². The van der Waals surface area contributed by atoms with Crippen molar-refractivity contribution >= 4 is 28.9 Å². The summed E-state index contributed by atoms with van der Waals surface area (Å²) in [6, 6.07) is 5.42. The van der Waals surface area contributed by atoms with Gasteiger partial charge in [-0.3, -0.25) is 4.79 Å². The number of amides is 1. The monoisotopic (exact) mass is 405 g/mol. The lowest BCUT2D eigenvalue weighted by atomic mass is 10.3. The Labute approximate surface area is 161 Å². The van der Waals surface area contributed by atoms with Gasteiger partial charge >= 0.3 is 6.36 Å². The first-order chi connectivity index (χ1) is 12.8. The number of ether oxygens (including phenoxy) is 1. The predicted octanol–water partition coefficient (Wildman–Crippen LogP) is 1.01. The number of piperazine rings is 1. The maximum Gasteiger partial charge on any atom is 0.573 e. The van der Waals surface area contributed by atoms with Crippen molar-refractivity contribution in [3.63, 3.8) is 0 Å². The van der Waals surface area contributed by atoms with E-state index in [0.29, 0.717) is 37.0 Å². The Bertz CT molecular complexity index is 632. The minimum atomic E-state index is -4.71. The van der Waals surface area contributed by atoms with Gasteiger partial charge in [-0.1, -0.05) is 6.92 Å². The normalized spacial score (nSPS) is 15.3. The number of rotatable bonds is 6. The SMILES string of the molecule is CCCNC(=O)C[NH+]1CCN(C(=S)Nc2ccc(OC(F)(F)F)cc2)CC1. The standard InChI is InChI=1S/C17H23F3N4O2S/c1-2-7-21-15(25)12-23-8-10-24(11-9-23)16(27)22-13-3-5-14(6-4-13)26-17(18,19)20/h3-6H,2,7-12H2,1H3,(H,21,25)(H,22,27)/p+1. The summed E-state index contributed by atoms with van der Waals surface area (Å²) in [6.07, 6.45) is -3.79. The molecule has 0 bridgehead atoms. The van der Waals surface area contributed by atoms with Gasteiger partial charge in [0.1, 0.15) is 5.75 Å². The fraction of sp³-hybridized carbons (Fsp3) is 0.529. The van der Waals surface area contributed by atoms with E-state index in [4.69, 9.17) is 12.2 Å². The number of carbonyl (C=O) groups excluding carboxylic acids is 1. The van der Waals surface area contributed by atoms with Crippen LogP contribution in [0.2, 0.25) is 0 Å². The molecule has 150 valence electrons. The van der Waals surface area contributed by atoms with Gasteiger partial charge in [-0.15, -0.1) is 13.2 Å². The molecule has 1 saturated heterocycles. The molecule has 1 amide bonds. The van der Waals surface area contributed by atoms with E-state index in [-0.39, 0.29) is 11.7 Å². The van der Waals surface area contributed by atoms with Crippen molar-refractivity contribution in [3.8, 4) is 5.75 Å². The number of benzene rings is 1. The molecule has 0 radical (unpaired) electrons. The second-order valence-corrected chi connectivity index (χ2v) is 6.65. The zero-order chi connectivity index (χ0) is 19.9. The summed E-state index contributed by atoms with van der Waals surface area (Å²) in [5.74, 6) is -0.223. The quantitative estimate of drug-likeness (QED) is 0.617. The van der Waals surface area contributed by atoms with Gasteiger partial charge in [0.05, 0.1) is 26.2 Å². The van der Waals surface area contributed by atoms with Crippen molar-refractivity contribution in [1.82, 2.24) is 10.2 Å². The first kappa shape index (κ1) is 21.2. The van der Waals surface area contributed by atoms with Gasteiger partial charge in [-0.05, 0) is 42.9 Å². The molecule has 1 aliphatic rings. The lowest BCUT2D eigenvalue weighted by Crippen LogP contribution is -3.15. The summed E-state index contributed by atoms with van der Waals surface area (Å²) in [4.78, 5) is 15.0. The van der Waals surface area contributed by atoms with Crippen molar-refractivity contribution in [2.75, 3.05) is 44.6 Å². The predicted molar refractivity (Wildman–Crippen MR) is 99.8 cm³/mol. The van der Waals surface area contributed by atoms with E-state index in [1.54, 1.807) is 0 Å². The molecule has 1 aliphatic heterocycles. The molecule has 1 aromatic rings. The van der Waals surface area contributed by atoms with Crippen LogP contribution in [0.15, 0.2) is 24.3 Å². The second kappa shape index (κ2) is 9.75. The van der Waals surface area contributed by atoms with Gasteiger partial charge in [0.2, 0.25) is 0 Å². The third-order valence-corrected chi connectivity index (χ3v) is 4.44.